The Kier molecular flexibility index (Phi) is 5.31. The summed E-state index contributed by atoms with van der Waals surface area (Å²) < 4.78 is 5.78. The Bertz CT molecular complexity index is 760. The van der Waals surface area contributed by atoms with Gasteiger partial charge in [0.1, 0.15) is 0 Å². The Labute approximate surface area is 162 Å². The van der Waals surface area contributed by atoms with E-state index in [-0.39, 0.29) is 23.4 Å². The lowest BCUT2D eigenvalue weighted by molar-refractivity contribution is -0.115. The number of anilines is 1. The molecule has 0 aliphatic carbocycles. The topological polar surface area (TPSA) is 54.5 Å². The van der Waals surface area contributed by atoms with E-state index >= 15 is 0 Å². The van der Waals surface area contributed by atoms with Gasteiger partial charge in [0.2, 0.25) is 5.91 Å². The number of carbonyl (C=O) groups is 1. The summed E-state index contributed by atoms with van der Waals surface area (Å²) >= 11 is 3.14. The van der Waals surface area contributed by atoms with E-state index in [0.717, 1.165) is 31.7 Å². The molecule has 5 nitrogen and oxygen atoms in total. The second-order valence-electron chi connectivity index (χ2n) is 7.00. The molecule has 0 spiro atoms. The van der Waals surface area contributed by atoms with Gasteiger partial charge in [0.25, 0.3) is 0 Å². The molecular formula is C19H23N3O2S2. The van der Waals surface area contributed by atoms with Crippen LogP contribution in [-0.2, 0) is 22.5 Å². The molecule has 0 radical (unpaired) electrons. The minimum atomic E-state index is -0.0688. The highest BCUT2D eigenvalue weighted by atomic mass is 32.2. The highest BCUT2D eigenvalue weighted by Crippen LogP contribution is 2.37. The van der Waals surface area contributed by atoms with Crippen molar-refractivity contribution in [3.8, 4) is 0 Å². The third kappa shape index (κ3) is 4.11. The molecule has 4 rings (SSSR count). The van der Waals surface area contributed by atoms with Crippen molar-refractivity contribution in [3.63, 3.8) is 0 Å². The fraction of sp³-hybridized carbons (Fsp3) is 0.474. The van der Waals surface area contributed by atoms with Gasteiger partial charge < -0.3 is 10.1 Å². The van der Waals surface area contributed by atoms with Crippen molar-refractivity contribution in [2.45, 2.75) is 49.2 Å². The lowest BCUT2D eigenvalue weighted by Gasteiger charge is -2.34. The van der Waals surface area contributed by atoms with Gasteiger partial charge in [-0.25, -0.2) is 4.98 Å². The monoisotopic (exact) mass is 389 g/mol. The summed E-state index contributed by atoms with van der Waals surface area (Å²) in [5.41, 5.74) is 2.27. The normalized spacial score (nSPS) is 25.8. The zero-order valence-corrected chi connectivity index (χ0v) is 16.6. The first kappa shape index (κ1) is 18.0. The molecule has 3 unspecified atom stereocenters. The molecule has 2 aliphatic rings. The average molecular weight is 390 g/mol. The van der Waals surface area contributed by atoms with Crippen LogP contribution in [0.4, 0.5) is 5.13 Å². The number of amides is 1. The molecule has 1 amide bonds. The number of hydrogen-bond donors (Lipinski definition) is 1. The van der Waals surface area contributed by atoms with E-state index in [1.165, 1.54) is 21.8 Å². The molecule has 1 N–H and O–H groups in total. The SMILES string of the molecule is CC1CN(Cc2csc(NC(=O)C3Cc4ccccc4S3)n2)CC(C)O1. The van der Waals surface area contributed by atoms with Crippen LogP contribution in [0.3, 0.4) is 0 Å². The van der Waals surface area contributed by atoms with Crippen LogP contribution < -0.4 is 5.32 Å². The summed E-state index contributed by atoms with van der Waals surface area (Å²) in [6.45, 7) is 6.84. The summed E-state index contributed by atoms with van der Waals surface area (Å²) in [5.74, 6) is 0.0423. The van der Waals surface area contributed by atoms with E-state index in [2.05, 4.69) is 41.2 Å². The third-order valence-corrected chi connectivity index (χ3v) is 6.73. The summed E-state index contributed by atoms with van der Waals surface area (Å²) in [6.07, 6.45) is 1.28. The van der Waals surface area contributed by atoms with Crippen molar-refractivity contribution < 1.29 is 9.53 Å². The summed E-state index contributed by atoms with van der Waals surface area (Å²) in [5, 5.41) is 5.66. The number of hydrogen-bond acceptors (Lipinski definition) is 6. The van der Waals surface area contributed by atoms with E-state index < -0.39 is 0 Å². The molecule has 1 fully saturated rings. The van der Waals surface area contributed by atoms with Crippen molar-refractivity contribution in [2.24, 2.45) is 0 Å². The van der Waals surface area contributed by atoms with Crippen LogP contribution in [0.15, 0.2) is 34.5 Å². The standard InChI is InChI=1S/C19H23N3O2S2/c1-12-8-22(9-13(2)24-12)10-15-11-25-19(20-15)21-18(23)17-7-14-5-3-4-6-16(14)26-17/h3-6,11-13,17H,7-10H2,1-2H3,(H,20,21,23). The number of morpholine rings is 1. The maximum atomic E-state index is 12.6. The average Bonchev–Trinajstić information content (AvgIpc) is 3.20. The molecule has 3 atom stereocenters. The molecule has 1 aromatic heterocycles. The van der Waals surface area contributed by atoms with Crippen molar-refractivity contribution in [1.82, 2.24) is 9.88 Å². The smallest absolute Gasteiger partial charge is 0.239 e. The van der Waals surface area contributed by atoms with Crippen LogP contribution in [0.5, 0.6) is 0 Å². The maximum Gasteiger partial charge on any atom is 0.239 e. The first-order chi connectivity index (χ1) is 12.6. The van der Waals surface area contributed by atoms with Crippen LogP contribution >= 0.6 is 23.1 Å². The number of rotatable bonds is 4. The minimum Gasteiger partial charge on any atom is -0.373 e. The Morgan fingerprint density at radius 3 is 2.85 bits per heavy atom. The van der Waals surface area contributed by atoms with Gasteiger partial charge in [0, 0.05) is 29.9 Å². The van der Waals surface area contributed by atoms with Crippen LogP contribution in [-0.4, -0.2) is 46.3 Å². The van der Waals surface area contributed by atoms with E-state index in [1.807, 2.05) is 17.5 Å². The molecule has 0 bridgehead atoms. The lowest BCUT2D eigenvalue weighted by Crippen LogP contribution is -2.44. The predicted octanol–water partition coefficient (Wildman–Crippen LogP) is 3.41. The number of thioether (sulfide) groups is 1. The van der Waals surface area contributed by atoms with Crippen molar-refractivity contribution >= 4 is 34.1 Å². The molecule has 7 heteroatoms. The number of nitrogens with zero attached hydrogens (tertiary/aromatic N) is 2. The van der Waals surface area contributed by atoms with Crippen molar-refractivity contribution in [3.05, 3.63) is 40.9 Å². The van der Waals surface area contributed by atoms with Gasteiger partial charge in [-0.05, 0) is 31.9 Å². The number of ether oxygens (including phenoxy) is 1. The van der Waals surface area contributed by atoms with E-state index in [9.17, 15) is 4.79 Å². The maximum absolute atomic E-state index is 12.6. The van der Waals surface area contributed by atoms with Crippen LogP contribution in [0.25, 0.3) is 0 Å². The Morgan fingerprint density at radius 2 is 2.08 bits per heavy atom. The fourth-order valence-corrected chi connectivity index (χ4v) is 5.49. The molecular weight excluding hydrogens is 366 g/mol. The number of fused-ring (bicyclic) bond motifs is 1. The van der Waals surface area contributed by atoms with Gasteiger partial charge in [0.05, 0.1) is 23.2 Å². The largest absolute Gasteiger partial charge is 0.373 e. The van der Waals surface area contributed by atoms with E-state index in [4.69, 9.17) is 4.74 Å². The molecule has 1 aromatic carbocycles. The van der Waals surface area contributed by atoms with Gasteiger partial charge in [-0.15, -0.1) is 23.1 Å². The van der Waals surface area contributed by atoms with E-state index in [0.29, 0.717) is 5.13 Å². The Hall–Kier alpha value is -1.41. The zero-order chi connectivity index (χ0) is 18.1. The highest BCUT2D eigenvalue weighted by Gasteiger charge is 2.28. The zero-order valence-electron chi connectivity index (χ0n) is 15.0. The summed E-state index contributed by atoms with van der Waals surface area (Å²) in [7, 11) is 0. The number of aromatic nitrogens is 1. The predicted molar refractivity (Wildman–Crippen MR) is 106 cm³/mol. The second-order valence-corrected chi connectivity index (χ2v) is 9.11. The van der Waals surface area contributed by atoms with Crippen molar-refractivity contribution in [1.29, 1.82) is 0 Å². The van der Waals surface area contributed by atoms with E-state index in [1.54, 1.807) is 11.8 Å². The first-order valence-corrected chi connectivity index (χ1v) is 10.7. The third-order valence-electron chi connectivity index (χ3n) is 4.60. The number of carbonyl (C=O) groups excluding carboxylic acids is 1. The number of benzene rings is 1. The lowest BCUT2D eigenvalue weighted by atomic mass is 10.1. The molecule has 26 heavy (non-hydrogen) atoms. The number of nitrogens with one attached hydrogen (secondary N) is 1. The van der Waals surface area contributed by atoms with Gasteiger partial charge in [-0.1, -0.05) is 18.2 Å². The second kappa shape index (κ2) is 7.68. The fourth-order valence-electron chi connectivity index (χ4n) is 3.59. The molecule has 0 saturated carbocycles. The van der Waals surface area contributed by atoms with Crippen LogP contribution in [0.1, 0.15) is 25.1 Å². The quantitative estimate of drug-likeness (QED) is 0.868. The summed E-state index contributed by atoms with van der Waals surface area (Å²) in [6, 6.07) is 8.23. The molecule has 138 valence electrons. The van der Waals surface area contributed by atoms with Crippen molar-refractivity contribution in [2.75, 3.05) is 18.4 Å². The first-order valence-electron chi connectivity index (χ1n) is 8.94. The van der Waals surface area contributed by atoms with Gasteiger partial charge in [-0.3, -0.25) is 9.69 Å². The van der Waals surface area contributed by atoms with Gasteiger partial charge in [0.15, 0.2) is 5.13 Å². The molecule has 2 aromatic rings. The van der Waals surface area contributed by atoms with Gasteiger partial charge >= 0.3 is 0 Å². The summed E-state index contributed by atoms with van der Waals surface area (Å²) in [4.78, 5) is 20.8. The molecule has 1 saturated heterocycles. The minimum absolute atomic E-state index is 0.0423. The Balaban J connectivity index is 1.33. The highest BCUT2D eigenvalue weighted by molar-refractivity contribution is 8.01. The Morgan fingerprint density at radius 1 is 1.31 bits per heavy atom. The van der Waals surface area contributed by atoms with Crippen LogP contribution in [0, 0.1) is 0 Å². The number of thiazole rings is 1. The molecule has 3 heterocycles. The molecule has 2 aliphatic heterocycles. The van der Waals surface area contributed by atoms with Crippen LogP contribution in [0.2, 0.25) is 0 Å². The van der Waals surface area contributed by atoms with Gasteiger partial charge in [-0.2, -0.15) is 0 Å².